The third-order valence-corrected chi connectivity index (χ3v) is 5.84. The number of fused-ring (bicyclic) bond motifs is 2. The Hall–Kier alpha value is -1.52. The third-order valence-electron chi connectivity index (χ3n) is 3.99. The molecule has 4 rings (SSSR count). The van der Waals surface area contributed by atoms with Gasteiger partial charge >= 0.3 is 0 Å². The van der Waals surface area contributed by atoms with E-state index in [0.717, 1.165) is 30.2 Å². The predicted octanol–water partition coefficient (Wildman–Crippen LogP) is 4.58. The van der Waals surface area contributed by atoms with E-state index in [4.69, 9.17) is 4.98 Å². The highest BCUT2D eigenvalue weighted by atomic mass is 32.2. The number of thioether (sulfide) groups is 1. The second-order valence-electron chi connectivity index (χ2n) is 5.24. The first kappa shape index (κ1) is 13.2. The molecule has 0 saturated carbocycles. The van der Waals surface area contributed by atoms with Crippen LogP contribution in [-0.4, -0.2) is 17.8 Å². The van der Waals surface area contributed by atoms with Gasteiger partial charge in [-0.05, 0) is 35.9 Å². The molecule has 0 bridgehead atoms. The number of anilines is 1. The summed E-state index contributed by atoms with van der Waals surface area (Å²) in [6.07, 6.45) is 3.23. The Balaban J connectivity index is 1.72. The largest absolute Gasteiger partial charge is 0.343 e. The fourth-order valence-electron chi connectivity index (χ4n) is 2.87. The molecule has 2 nitrogen and oxygen atoms in total. The molecule has 3 aromatic rings. The molecule has 0 radical (unpaired) electrons. The van der Waals surface area contributed by atoms with Crippen molar-refractivity contribution in [1.82, 2.24) is 4.98 Å². The molecule has 106 valence electrons. The van der Waals surface area contributed by atoms with Crippen molar-refractivity contribution in [2.24, 2.45) is 0 Å². The van der Waals surface area contributed by atoms with Crippen molar-refractivity contribution in [3.05, 3.63) is 53.6 Å². The predicted molar refractivity (Wildman–Crippen MR) is 92.6 cm³/mol. The van der Waals surface area contributed by atoms with Gasteiger partial charge in [0.25, 0.3) is 0 Å². The minimum Gasteiger partial charge on any atom is -0.343 e. The van der Waals surface area contributed by atoms with Crippen molar-refractivity contribution >= 4 is 38.4 Å². The lowest BCUT2D eigenvalue weighted by Crippen LogP contribution is -2.30. The van der Waals surface area contributed by atoms with E-state index in [-0.39, 0.29) is 0 Å². The summed E-state index contributed by atoms with van der Waals surface area (Å²) in [5, 5.41) is 1.15. The van der Waals surface area contributed by atoms with Crippen LogP contribution in [0.3, 0.4) is 0 Å². The lowest BCUT2D eigenvalue weighted by molar-refractivity contribution is 0.729. The van der Waals surface area contributed by atoms with Gasteiger partial charge < -0.3 is 4.90 Å². The summed E-state index contributed by atoms with van der Waals surface area (Å²) >= 11 is 3.58. The maximum atomic E-state index is 4.90. The summed E-state index contributed by atoms with van der Waals surface area (Å²) in [5.41, 5.74) is 4.08. The quantitative estimate of drug-likeness (QED) is 0.644. The molecule has 0 saturated heterocycles. The van der Waals surface area contributed by atoms with Crippen LogP contribution in [-0.2, 0) is 13.0 Å². The Morgan fingerprint density at radius 3 is 2.81 bits per heavy atom. The number of rotatable bonds is 2. The number of benzene rings is 2. The fraction of sp³-hybridized carbons (Fsp3) is 0.235. The maximum Gasteiger partial charge on any atom is 0.186 e. The second-order valence-corrected chi connectivity index (χ2v) is 7.10. The monoisotopic (exact) mass is 312 g/mol. The highest BCUT2D eigenvalue weighted by Gasteiger charge is 2.19. The van der Waals surface area contributed by atoms with Gasteiger partial charge in [0.2, 0.25) is 0 Å². The van der Waals surface area contributed by atoms with E-state index in [1.165, 1.54) is 20.7 Å². The maximum absolute atomic E-state index is 4.90. The Kier molecular flexibility index (Phi) is 3.36. The first-order chi connectivity index (χ1) is 10.3. The smallest absolute Gasteiger partial charge is 0.186 e. The van der Waals surface area contributed by atoms with E-state index in [2.05, 4.69) is 53.6 Å². The molecule has 2 aromatic carbocycles. The molecule has 1 aromatic heterocycles. The van der Waals surface area contributed by atoms with E-state index in [0.29, 0.717) is 0 Å². The van der Waals surface area contributed by atoms with Gasteiger partial charge in [-0.3, -0.25) is 0 Å². The van der Waals surface area contributed by atoms with Gasteiger partial charge in [0.05, 0.1) is 10.2 Å². The van der Waals surface area contributed by atoms with Gasteiger partial charge in [-0.1, -0.05) is 41.7 Å². The van der Waals surface area contributed by atoms with E-state index in [1.807, 2.05) is 11.3 Å². The number of hydrogen-bond donors (Lipinski definition) is 0. The van der Waals surface area contributed by atoms with E-state index < -0.39 is 0 Å². The van der Waals surface area contributed by atoms with Gasteiger partial charge in [-0.2, -0.15) is 0 Å². The summed E-state index contributed by atoms with van der Waals surface area (Å²) in [6.45, 7) is 2.04. The SMILES string of the molecule is CSc1cccc2sc(N3CCc4ccccc4C3)nc12. The van der Waals surface area contributed by atoms with Crippen molar-refractivity contribution in [1.29, 1.82) is 0 Å². The van der Waals surface area contributed by atoms with Crippen LogP contribution in [0.1, 0.15) is 11.1 Å². The van der Waals surface area contributed by atoms with Crippen LogP contribution in [0, 0.1) is 0 Å². The van der Waals surface area contributed by atoms with Crippen LogP contribution in [0.2, 0.25) is 0 Å². The fourth-order valence-corrected chi connectivity index (χ4v) is 4.52. The van der Waals surface area contributed by atoms with Crippen LogP contribution in [0.25, 0.3) is 10.2 Å². The molecule has 0 aliphatic carbocycles. The van der Waals surface area contributed by atoms with Crippen LogP contribution in [0.5, 0.6) is 0 Å². The Morgan fingerprint density at radius 2 is 1.95 bits per heavy atom. The number of nitrogens with zero attached hydrogens (tertiary/aromatic N) is 2. The van der Waals surface area contributed by atoms with Gasteiger partial charge in [-0.15, -0.1) is 11.8 Å². The van der Waals surface area contributed by atoms with Gasteiger partial charge in [0.1, 0.15) is 0 Å². The number of aromatic nitrogens is 1. The normalized spacial score (nSPS) is 14.4. The molecule has 0 spiro atoms. The van der Waals surface area contributed by atoms with Gasteiger partial charge in [0.15, 0.2) is 5.13 Å². The van der Waals surface area contributed by atoms with Crippen molar-refractivity contribution in [3.8, 4) is 0 Å². The lowest BCUT2D eigenvalue weighted by Gasteiger charge is -2.28. The number of hydrogen-bond acceptors (Lipinski definition) is 4. The number of para-hydroxylation sites is 1. The van der Waals surface area contributed by atoms with Crippen molar-refractivity contribution < 1.29 is 0 Å². The third kappa shape index (κ3) is 2.32. The topological polar surface area (TPSA) is 16.1 Å². The summed E-state index contributed by atoms with van der Waals surface area (Å²) in [4.78, 5) is 8.59. The standard InChI is InChI=1S/C17H16N2S2/c1-20-14-7-4-8-15-16(14)18-17(21-15)19-10-9-12-5-2-3-6-13(12)11-19/h2-8H,9-11H2,1H3. The highest BCUT2D eigenvalue weighted by Crippen LogP contribution is 2.35. The summed E-state index contributed by atoms with van der Waals surface area (Å²) in [6, 6.07) is 15.2. The Labute approximate surface area is 132 Å². The Morgan fingerprint density at radius 1 is 1.10 bits per heavy atom. The zero-order valence-corrected chi connectivity index (χ0v) is 13.5. The van der Waals surface area contributed by atoms with Crippen molar-refractivity contribution in [3.63, 3.8) is 0 Å². The molecule has 0 amide bonds. The second kappa shape index (κ2) is 5.35. The van der Waals surface area contributed by atoms with Gasteiger partial charge in [0, 0.05) is 18.0 Å². The molecule has 1 aliphatic rings. The lowest BCUT2D eigenvalue weighted by atomic mass is 10.0. The van der Waals surface area contributed by atoms with Crippen LogP contribution in [0.15, 0.2) is 47.4 Å². The van der Waals surface area contributed by atoms with E-state index in [1.54, 1.807) is 11.8 Å². The zero-order chi connectivity index (χ0) is 14.2. The Bertz CT molecular complexity index is 794. The van der Waals surface area contributed by atoms with E-state index in [9.17, 15) is 0 Å². The van der Waals surface area contributed by atoms with Gasteiger partial charge in [-0.25, -0.2) is 4.98 Å². The first-order valence-electron chi connectivity index (χ1n) is 7.10. The molecule has 1 aliphatic heterocycles. The van der Waals surface area contributed by atoms with Crippen molar-refractivity contribution in [2.75, 3.05) is 17.7 Å². The molecule has 0 N–H and O–H groups in total. The molecule has 2 heterocycles. The minimum atomic E-state index is 0.977. The molecular formula is C17H16N2S2. The molecule has 4 heteroatoms. The average molecular weight is 312 g/mol. The molecule has 0 unspecified atom stereocenters. The summed E-state index contributed by atoms with van der Waals surface area (Å²) in [5.74, 6) is 0. The summed E-state index contributed by atoms with van der Waals surface area (Å²) < 4.78 is 1.29. The molecule has 0 fully saturated rings. The molecular weight excluding hydrogens is 296 g/mol. The molecule has 21 heavy (non-hydrogen) atoms. The van der Waals surface area contributed by atoms with Crippen LogP contribution < -0.4 is 4.90 Å². The minimum absolute atomic E-state index is 0.977. The van der Waals surface area contributed by atoms with Crippen LogP contribution in [0.4, 0.5) is 5.13 Å². The highest BCUT2D eigenvalue weighted by molar-refractivity contribution is 7.98. The average Bonchev–Trinajstić information content (AvgIpc) is 2.98. The van der Waals surface area contributed by atoms with Crippen LogP contribution >= 0.6 is 23.1 Å². The van der Waals surface area contributed by atoms with Crippen molar-refractivity contribution in [2.45, 2.75) is 17.9 Å². The number of thiazole rings is 1. The molecule has 0 atom stereocenters. The van der Waals surface area contributed by atoms with E-state index >= 15 is 0 Å². The summed E-state index contributed by atoms with van der Waals surface area (Å²) in [7, 11) is 0. The first-order valence-corrected chi connectivity index (χ1v) is 9.14. The zero-order valence-electron chi connectivity index (χ0n) is 11.9.